The number of thiophene rings is 1. The van der Waals surface area contributed by atoms with Crippen LogP contribution in [0.15, 0.2) is 46.8 Å². The summed E-state index contributed by atoms with van der Waals surface area (Å²) in [6.45, 7) is 1.13. The maximum atomic E-state index is 12.2. The van der Waals surface area contributed by atoms with Crippen LogP contribution in [-0.2, 0) is 6.54 Å². The van der Waals surface area contributed by atoms with Gasteiger partial charge in [0.25, 0.3) is 5.56 Å². The van der Waals surface area contributed by atoms with Gasteiger partial charge in [0.2, 0.25) is 0 Å². The molecule has 108 valence electrons. The van der Waals surface area contributed by atoms with Crippen molar-refractivity contribution in [3.05, 3.63) is 57.4 Å². The Hall–Kier alpha value is -1.85. The van der Waals surface area contributed by atoms with E-state index < -0.39 is 0 Å². The van der Waals surface area contributed by atoms with E-state index in [1.807, 2.05) is 23.6 Å². The van der Waals surface area contributed by atoms with Gasteiger partial charge in [0.1, 0.15) is 10.6 Å². The molecule has 0 saturated heterocycles. The summed E-state index contributed by atoms with van der Waals surface area (Å²) in [5, 5.41) is 3.25. The number of hydrogen-bond donors (Lipinski definition) is 0. The summed E-state index contributed by atoms with van der Waals surface area (Å²) in [6, 6.07) is 9.04. The standard InChI is InChI=1S/C15H13ClN2O2S/c16-11-2-4-12(5-3-11)20-8-1-7-18-10-17-14-13(15(18)19)6-9-21-14/h2-6,9-10H,1,7-8H2. The van der Waals surface area contributed by atoms with Gasteiger partial charge in [-0.2, -0.15) is 0 Å². The SMILES string of the molecule is O=c1c2ccsc2ncn1CCCOc1ccc(Cl)cc1. The van der Waals surface area contributed by atoms with Crippen molar-refractivity contribution in [3.63, 3.8) is 0 Å². The molecule has 21 heavy (non-hydrogen) atoms. The molecule has 3 rings (SSSR count). The van der Waals surface area contributed by atoms with Crippen molar-refractivity contribution >= 4 is 33.2 Å². The van der Waals surface area contributed by atoms with E-state index in [9.17, 15) is 4.79 Å². The molecule has 0 saturated carbocycles. The van der Waals surface area contributed by atoms with E-state index in [-0.39, 0.29) is 5.56 Å². The summed E-state index contributed by atoms with van der Waals surface area (Å²) >= 11 is 7.29. The number of rotatable bonds is 5. The van der Waals surface area contributed by atoms with Gasteiger partial charge in [0, 0.05) is 11.6 Å². The second-order valence-electron chi connectivity index (χ2n) is 4.54. The molecular formula is C15H13ClN2O2S. The van der Waals surface area contributed by atoms with Crippen LogP contribution in [0.1, 0.15) is 6.42 Å². The molecule has 0 amide bonds. The van der Waals surface area contributed by atoms with Crippen molar-refractivity contribution in [2.45, 2.75) is 13.0 Å². The first-order valence-corrected chi connectivity index (χ1v) is 7.81. The van der Waals surface area contributed by atoms with Gasteiger partial charge in [0.05, 0.1) is 18.3 Å². The molecule has 0 aliphatic heterocycles. The van der Waals surface area contributed by atoms with E-state index >= 15 is 0 Å². The molecule has 0 N–H and O–H groups in total. The van der Waals surface area contributed by atoms with Crippen molar-refractivity contribution in [1.82, 2.24) is 9.55 Å². The number of fused-ring (bicyclic) bond motifs is 1. The average molecular weight is 321 g/mol. The predicted octanol–water partition coefficient (Wildman–Crippen LogP) is 3.58. The molecular weight excluding hydrogens is 308 g/mol. The number of nitrogens with zero attached hydrogens (tertiary/aromatic N) is 2. The minimum absolute atomic E-state index is 0.00717. The summed E-state index contributed by atoms with van der Waals surface area (Å²) in [6.07, 6.45) is 2.34. The molecule has 0 atom stereocenters. The first-order valence-electron chi connectivity index (χ1n) is 6.55. The van der Waals surface area contributed by atoms with Crippen molar-refractivity contribution in [2.24, 2.45) is 0 Å². The van der Waals surface area contributed by atoms with Crippen LogP contribution in [0, 0.1) is 0 Å². The Morgan fingerprint density at radius 1 is 1.24 bits per heavy atom. The summed E-state index contributed by atoms with van der Waals surface area (Å²) in [7, 11) is 0. The molecule has 1 aromatic carbocycles. The van der Waals surface area contributed by atoms with E-state index in [0.717, 1.165) is 17.0 Å². The van der Waals surface area contributed by atoms with Gasteiger partial charge in [-0.25, -0.2) is 4.98 Å². The normalized spacial score (nSPS) is 10.9. The highest BCUT2D eigenvalue weighted by Crippen LogP contribution is 2.16. The van der Waals surface area contributed by atoms with Crippen molar-refractivity contribution in [1.29, 1.82) is 0 Å². The Bertz CT molecular complexity index is 795. The van der Waals surface area contributed by atoms with Crippen LogP contribution in [-0.4, -0.2) is 16.2 Å². The molecule has 0 aliphatic rings. The van der Waals surface area contributed by atoms with Gasteiger partial charge in [-0.05, 0) is 42.1 Å². The molecule has 2 heterocycles. The number of benzene rings is 1. The van der Waals surface area contributed by atoms with Gasteiger partial charge in [-0.1, -0.05) is 11.6 Å². The Balaban J connectivity index is 1.58. The molecule has 0 unspecified atom stereocenters. The van der Waals surface area contributed by atoms with Crippen LogP contribution in [0.3, 0.4) is 0 Å². The Labute approximate surface area is 130 Å². The summed E-state index contributed by atoms with van der Waals surface area (Å²) in [5.41, 5.74) is 0.00717. The Kier molecular flexibility index (Phi) is 4.22. The highest BCUT2D eigenvalue weighted by Gasteiger charge is 2.04. The fourth-order valence-corrected chi connectivity index (χ4v) is 2.86. The number of hydrogen-bond acceptors (Lipinski definition) is 4. The lowest BCUT2D eigenvalue weighted by Gasteiger charge is -2.07. The highest BCUT2D eigenvalue weighted by atomic mass is 35.5. The van der Waals surface area contributed by atoms with Crippen molar-refractivity contribution in [3.8, 4) is 5.75 Å². The first-order chi connectivity index (χ1) is 10.2. The Morgan fingerprint density at radius 2 is 2.05 bits per heavy atom. The highest BCUT2D eigenvalue weighted by molar-refractivity contribution is 7.16. The molecule has 0 fully saturated rings. The minimum atomic E-state index is 0.00717. The fraction of sp³-hybridized carbons (Fsp3) is 0.200. The molecule has 0 bridgehead atoms. The topological polar surface area (TPSA) is 44.1 Å². The zero-order valence-electron chi connectivity index (χ0n) is 11.2. The van der Waals surface area contributed by atoms with Gasteiger partial charge in [0.15, 0.2) is 0 Å². The van der Waals surface area contributed by atoms with Crippen molar-refractivity contribution in [2.75, 3.05) is 6.61 Å². The van der Waals surface area contributed by atoms with Crippen LogP contribution in [0.2, 0.25) is 5.02 Å². The molecule has 0 spiro atoms. The number of aryl methyl sites for hydroxylation is 1. The number of aromatic nitrogens is 2. The monoisotopic (exact) mass is 320 g/mol. The van der Waals surface area contributed by atoms with Gasteiger partial charge in [-0.15, -0.1) is 11.3 Å². The molecule has 0 aliphatic carbocycles. The minimum Gasteiger partial charge on any atom is -0.494 e. The largest absolute Gasteiger partial charge is 0.494 e. The van der Waals surface area contributed by atoms with Crippen LogP contribution >= 0.6 is 22.9 Å². The molecule has 6 heteroatoms. The van der Waals surface area contributed by atoms with E-state index in [1.165, 1.54) is 11.3 Å². The van der Waals surface area contributed by atoms with Crippen LogP contribution < -0.4 is 10.3 Å². The van der Waals surface area contributed by atoms with Crippen LogP contribution in [0.25, 0.3) is 10.2 Å². The van der Waals surface area contributed by atoms with Crippen LogP contribution in [0.4, 0.5) is 0 Å². The summed E-state index contributed by atoms with van der Waals surface area (Å²) in [4.78, 5) is 17.2. The number of halogens is 1. The lowest BCUT2D eigenvalue weighted by molar-refractivity contribution is 0.301. The van der Waals surface area contributed by atoms with Gasteiger partial charge in [-0.3, -0.25) is 9.36 Å². The number of ether oxygens (including phenoxy) is 1. The van der Waals surface area contributed by atoms with Gasteiger partial charge < -0.3 is 4.74 Å². The zero-order chi connectivity index (χ0) is 14.7. The van der Waals surface area contributed by atoms with Crippen molar-refractivity contribution < 1.29 is 4.74 Å². The quantitative estimate of drug-likeness (QED) is 0.675. The molecule has 3 aromatic rings. The van der Waals surface area contributed by atoms with E-state index in [4.69, 9.17) is 16.3 Å². The van der Waals surface area contributed by atoms with E-state index in [1.54, 1.807) is 23.0 Å². The lowest BCUT2D eigenvalue weighted by Crippen LogP contribution is -2.20. The molecule has 0 radical (unpaired) electrons. The fourth-order valence-electron chi connectivity index (χ4n) is 2.01. The molecule has 4 nitrogen and oxygen atoms in total. The maximum Gasteiger partial charge on any atom is 0.262 e. The van der Waals surface area contributed by atoms with Crippen LogP contribution in [0.5, 0.6) is 5.75 Å². The second kappa shape index (κ2) is 6.28. The molecule has 2 aromatic heterocycles. The summed E-state index contributed by atoms with van der Waals surface area (Å²) in [5.74, 6) is 0.776. The first kappa shape index (κ1) is 14.1. The third-order valence-electron chi connectivity index (χ3n) is 3.08. The Morgan fingerprint density at radius 3 is 2.86 bits per heavy atom. The van der Waals surface area contributed by atoms with Gasteiger partial charge >= 0.3 is 0 Å². The lowest BCUT2D eigenvalue weighted by atomic mass is 10.3. The third-order valence-corrected chi connectivity index (χ3v) is 4.15. The zero-order valence-corrected chi connectivity index (χ0v) is 12.7. The van der Waals surface area contributed by atoms with E-state index in [2.05, 4.69) is 4.98 Å². The summed E-state index contributed by atoms with van der Waals surface area (Å²) < 4.78 is 7.23. The maximum absolute atomic E-state index is 12.2. The second-order valence-corrected chi connectivity index (χ2v) is 5.87. The average Bonchev–Trinajstić information content (AvgIpc) is 2.97. The third kappa shape index (κ3) is 3.25. The predicted molar refractivity (Wildman–Crippen MR) is 85.4 cm³/mol. The van der Waals surface area contributed by atoms with E-state index in [0.29, 0.717) is 23.6 Å². The smallest absolute Gasteiger partial charge is 0.262 e.